The van der Waals surface area contributed by atoms with Crippen LogP contribution in [0.4, 0.5) is 0 Å². The van der Waals surface area contributed by atoms with E-state index >= 15 is 0 Å². The van der Waals surface area contributed by atoms with Crippen LogP contribution >= 0.6 is 15.9 Å². The first-order valence-electron chi connectivity index (χ1n) is 7.71. The maximum absolute atomic E-state index is 5.48. The van der Waals surface area contributed by atoms with Crippen LogP contribution in [0.2, 0.25) is 0 Å². The maximum atomic E-state index is 5.48. The van der Waals surface area contributed by atoms with Crippen molar-refractivity contribution in [2.45, 2.75) is 45.1 Å². The van der Waals surface area contributed by atoms with E-state index in [1.54, 1.807) is 0 Å². The standard InChI is InChI=1S/C17H26BrNO/c1-13(2)19-12-16(11-14-7-9-20-10-8-14)15-3-5-17(18)6-4-15/h3-6,13-14,16,19H,7-12H2,1-2H3. The summed E-state index contributed by atoms with van der Waals surface area (Å²) < 4.78 is 6.63. The van der Waals surface area contributed by atoms with Gasteiger partial charge in [0.05, 0.1) is 0 Å². The number of benzene rings is 1. The zero-order valence-corrected chi connectivity index (χ0v) is 14.2. The van der Waals surface area contributed by atoms with Gasteiger partial charge in [0.1, 0.15) is 0 Å². The molecule has 1 atom stereocenters. The van der Waals surface area contributed by atoms with Crippen LogP contribution in [-0.4, -0.2) is 25.8 Å². The van der Waals surface area contributed by atoms with Gasteiger partial charge in [-0.05, 0) is 48.8 Å². The summed E-state index contributed by atoms with van der Waals surface area (Å²) in [5, 5.41) is 3.61. The molecule has 1 aromatic carbocycles. The molecule has 2 nitrogen and oxygen atoms in total. The third-order valence-electron chi connectivity index (χ3n) is 4.07. The summed E-state index contributed by atoms with van der Waals surface area (Å²) >= 11 is 3.52. The number of hydrogen-bond donors (Lipinski definition) is 1. The van der Waals surface area contributed by atoms with Gasteiger partial charge in [0.15, 0.2) is 0 Å². The van der Waals surface area contributed by atoms with Crippen LogP contribution in [0.25, 0.3) is 0 Å². The molecule has 20 heavy (non-hydrogen) atoms. The summed E-state index contributed by atoms with van der Waals surface area (Å²) in [4.78, 5) is 0. The Kier molecular flexibility index (Phi) is 6.53. The molecule has 0 aliphatic carbocycles. The van der Waals surface area contributed by atoms with Crippen LogP contribution in [0, 0.1) is 5.92 Å². The van der Waals surface area contributed by atoms with Crippen molar-refractivity contribution in [1.82, 2.24) is 5.32 Å². The highest BCUT2D eigenvalue weighted by Crippen LogP contribution is 2.29. The van der Waals surface area contributed by atoms with Crippen molar-refractivity contribution in [1.29, 1.82) is 0 Å². The Morgan fingerprint density at radius 2 is 1.85 bits per heavy atom. The molecule has 1 aliphatic rings. The smallest absolute Gasteiger partial charge is 0.0468 e. The van der Waals surface area contributed by atoms with Crippen molar-refractivity contribution in [2.24, 2.45) is 5.92 Å². The van der Waals surface area contributed by atoms with Crippen LogP contribution < -0.4 is 5.32 Å². The molecular weight excluding hydrogens is 314 g/mol. The highest BCUT2D eigenvalue weighted by Gasteiger charge is 2.20. The SMILES string of the molecule is CC(C)NCC(CC1CCOCC1)c1ccc(Br)cc1. The molecule has 3 heteroatoms. The lowest BCUT2D eigenvalue weighted by atomic mass is 9.85. The lowest BCUT2D eigenvalue weighted by Crippen LogP contribution is -2.30. The van der Waals surface area contributed by atoms with Gasteiger partial charge in [-0.1, -0.05) is 41.9 Å². The Morgan fingerprint density at radius 1 is 1.20 bits per heavy atom. The molecule has 0 amide bonds. The number of ether oxygens (including phenoxy) is 1. The van der Waals surface area contributed by atoms with Gasteiger partial charge in [-0.25, -0.2) is 0 Å². The van der Waals surface area contributed by atoms with E-state index in [0.29, 0.717) is 12.0 Å². The lowest BCUT2D eigenvalue weighted by Gasteiger charge is -2.28. The molecule has 1 fully saturated rings. The van der Waals surface area contributed by atoms with Crippen molar-refractivity contribution in [3.63, 3.8) is 0 Å². The van der Waals surface area contributed by atoms with Gasteiger partial charge in [0.25, 0.3) is 0 Å². The van der Waals surface area contributed by atoms with Gasteiger partial charge < -0.3 is 10.1 Å². The van der Waals surface area contributed by atoms with E-state index in [4.69, 9.17) is 4.74 Å². The van der Waals surface area contributed by atoms with E-state index in [1.807, 2.05) is 0 Å². The zero-order chi connectivity index (χ0) is 14.4. The van der Waals surface area contributed by atoms with Crippen molar-refractivity contribution < 1.29 is 4.74 Å². The predicted octanol–water partition coefficient (Wildman–Crippen LogP) is 4.35. The second-order valence-corrected chi connectivity index (χ2v) is 7.02. The Hall–Kier alpha value is -0.380. The minimum Gasteiger partial charge on any atom is -0.381 e. The summed E-state index contributed by atoms with van der Waals surface area (Å²) in [5.41, 5.74) is 1.45. The molecule has 1 aliphatic heterocycles. The molecule has 112 valence electrons. The Morgan fingerprint density at radius 3 is 2.45 bits per heavy atom. The Bertz CT molecular complexity index is 384. The van der Waals surface area contributed by atoms with Gasteiger partial charge in [-0.2, -0.15) is 0 Å². The summed E-state index contributed by atoms with van der Waals surface area (Å²) in [6.45, 7) is 7.38. The number of halogens is 1. The van der Waals surface area contributed by atoms with Crippen molar-refractivity contribution in [3.05, 3.63) is 34.3 Å². The first-order valence-corrected chi connectivity index (χ1v) is 8.51. The minimum absolute atomic E-state index is 0.544. The molecule has 0 aromatic heterocycles. The average Bonchev–Trinajstić information content (AvgIpc) is 2.45. The number of nitrogens with one attached hydrogen (secondary N) is 1. The topological polar surface area (TPSA) is 21.3 Å². The van der Waals surface area contributed by atoms with Crippen LogP contribution in [-0.2, 0) is 4.74 Å². The summed E-state index contributed by atoms with van der Waals surface area (Å²) in [6, 6.07) is 9.37. The highest BCUT2D eigenvalue weighted by atomic mass is 79.9. The summed E-state index contributed by atoms with van der Waals surface area (Å²) in [5.74, 6) is 1.42. The normalized spacial score (nSPS) is 18.4. The molecule has 1 unspecified atom stereocenters. The fraction of sp³-hybridized carbons (Fsp3) is 0.647. The molecule has 0 bridgehead atoms. The van der Waals surface area contributed by atoms with Gasteiger partial charge in [-0.15, -0.1) is 0 Å². The van der Waals surface area contributed by atoms with Gasteiger partial charge in [-0.3, -0.25) is 0 Å². The van der Waals surface area contributed by atoms with Gasteiger partial charge >= 0.3 is 0 Å². The number of hydrogen-bond acceptors (Lipinski definition) is 2. The quantitative estimate of drug-likeness (QED) is 0.831. The fourth-order valence-electron chi connectivity index (χ4n) is 2.83. The zero-order valence-electron chi connectivity index (χ0n) is 12.6. The average molecular weight is 340 g/mol. The first-order chi connectivity index (χ1) is 9.65. The van der Waals surface area contributed by atoms with E-state index in [9.17, 15) is 0 Å². The van der Waals surface area contributed by atoms with Crippen LogP contribution in [0.3, 0.4) is 0 Å². The molecular formula is C17H26BrNO. The van der Waals surface area contributed by atoms with E-state index in [2.05, 4.69) is 59.4 Å². The molecule has 2 rings (SSSR count). The molecule has 0 spiro atoms. The highest BCUT2D eigenvalue weighted by molar-refractivity contribution is 9.10. The molecule has 1 N–H and O–H groups in total. The summed E-state index contributed by atoms with van der Waals surface area (Å²) in [7, 11) is 0. The molecule has 1 heterocycles. The van der Waals surface area contributed by atoms with E-state index in [-0.39, 0.29) is 0 Å². The predicted molar refractivity (Wildman–Crippen MR) is 88.2 cm³/mol. The second-order valence-electron chi connectivity index (χ2n) is 6.10. The van der Waals surface area contributed by atoms with E-state index < -0.39 is 0 Å². The molecule has 1 saturated heterocycles. The van der Waals surface area contributed by atoms with Crippen molar-refractivity contribution >= 4 is 15.9 Å². The number of rotatable bonds is 6. The third-order valence-corrected chi connectivity index (χ3v) is 4.60. The van der Waals surface area contributed by atoms with E-state index in [0.717, 1.165) is 30.1 Å². The summed E-state index contributed by atoms with van der Waals surface area (Å²) in [6.07, 6.45) is 3.70. The second kappa shape index (κ2) is 8.16. The minimum atomic E-state index is 0.544. The maximum Gasteiger partial charge on any atom is 0.0468 e. The fourth-order valence-corrected chi connectivity index (χ4v) is 3.10. The lowest BCUT2D eigenvalue weighted by molar-refractivity contribution is 0.0616. The Balaban J connectivity index is 2.00. The Labute approximate surface area is 131 Å². The molecule has 1 aromatic rings. The van der Waals surface area contributed by atoms with Crippen molar-refractivity contribution in [2.75, 3.05) is 19.8 Å². The molecule has 0 radical (unpaired) electrons. The van der Waals surface area contributed by atoms with Gasteiger partial charge in [0.2, 0.25) is 0 Å². The van der Waals surface area contributed by atoms with Crippen molar-refractivity contribution in [3.8, 4) is 0 Å². The van der Waals surface area contributed by atoms with Crippen LogP contribution in [0.15, 0.2) is 28.7 Å². The van der Waals surface area contributed by atoms with Crippen LogP contribution in [0.5, 0.6) is 0 Å². The third kappa shape index (κ3) is 5.19. The largest absolute Gasteiger partial charge is 0.381 e. The van der Waals surface area contributed by atoms with Gasteiger partial charge in [0, 0.05) is 30.3 Å². The molecule has 0 saturated carbocycles. The monoisotopic (exact) mass is 339 g/mol. The van der Waals surface area contributed by atoms with Crippen LogP contribution in [0.1, 0.15) is 44.6 Å². The van der Waals surface area contributed by atoms with E-state index in [1.165, 1.54) is 24.8 Å². The first kappa shape index (κ1) is 16.0.